The Labute approximate surface area is 575 Å². The van der Waals surface area contributed by atoms with Crippen molar-refractivity contribution in [2.75, 3.05) is 26.7 Å². The van der Waals surface area contributed by atoms with Crippen LogP contribution in [0.2, 0.25) is 0 Å². The average Bonchev–Trinajstić information content (AvgIpc) is 1.65. The third-order valence-corrected chi connectivity index (χ3v) is 18.1. The maximum atomic E-state index is 15.3. The predicted molar refractivity (Wildman–Crippen MR) is 367 cm³/mol. The lowest BCUT2D eigenvalue weighted by Gasteiger charge is -2.42. The van der Waals surface area contributed by atoms with E-state index in [4.69, 9.17) is 30.4 Å². The summed E-state index contributed by atoms with van der Waals surface area (Å²) in [5.41, 5.74) is 15.7. The van der Waals surface area contributed by atoms with Crippen molar-refractivity contribution in [2.45, 2.75) is 165 Å². The number of hydrogen-bond acceptors (Lipinski definition) is 16. The van der Waals surface area contributed by atoms with E-state index in [-0.39, 0.29) is 76.3 Å². The van der Waals surface area contributed by atoms with E-state index in [1.807, 2.05) is 60.7 Å². The van der Waals surface area contributed by atoms with Gasteiger partial charge in [-0.25, -0.2) is 27.5 Å². The second-order valence-corrected chi connectivity index (χ2v) is 27.0. The number of nitrogens with zero attached hydrogens (tertiary/aromatic N) is 3. The van der Waals surface area contributed by atoms with Crippen LogP contribution < -0.4 is 47.5 Å². The molecule has 6 aromatic rings. The highest BCUT2D eigenvalue weighted by Crippen LogP contribution is 2.42. The van der Waals surface area contributed by atoms with Gasteiger partial charge < -0.3 is 66.9 Å². The molecule has 8 amide bonds. The van der Waals surface area contributed by atoms with Gasteiger partial charge in [0.05, 0.1) is 12.0 Å². The molecule has 8 rings (SSSR count). The maximum absolute atomic E-state index is 15.3. The number of primary amides is 1. The lowest BCUT2D eigenvalue weighted by molar-refractivity contribution is -0.149. The largest absolute Gasteiger partial charge is 0.497 e. The second-order valence-electron chi connectivity index (χ2n) is 25.4. The van der Waals surface area contributed by atoms with Crippen LogP contribution in [0.1, 0.15) is 125 Å². The van der Waals surface area contributed by atoms with Crippen molar-refractivity contribution < 1.29 is 70.5 Å². The molecule has 99 heavy (non-hydrogen) atoms. The molecular weight excluding hydrogens is 1290 g/mol. The van der Waals surface area contributed by atoms with Crippen LogP contribution in [0.4, 0.5) is 9.59 Å². The molecular formula is C71H88N12O15S. The van der Waals surface area contributed by atoms with E-state index in [0.29, 0.717) is 47.4 Å². The van der Waals surface area contributed by atoms with E-state index < -0.39 is 124 Å². The number of para-hydroxylation sites is 1. The summed E-state index contributed by atoms with van der Waals surface area (Å²) in [6.45, 7) is 8.26. The van der Waals surface area contributed by atoms with Gasteiger partial charge in [0, 0.05) is 49.1 Å². The number of rotatable bonds is 30. The van der Waals surface area contributed by atoms with E-state index >= 15 is 14.4 Å². The summed E-state index contributed by atoms with van der Waals surface area (Å²) in [5, 5.41) is 14.4. The summed E-state index contributed by atoms with van der Waals surface area (Å²) in [4.78, 5) is 137. The number of amides is 8. The number of sulfonamides is 1. The minimum Gasteiger partial charge on any atom is -0.497 e. The standard InChI is InChI=1S/C71H88N12O15S/c1-44-28-34-50(35-29-44)99(93,94)81-68(73)74-39-17-26-55(66(89)82-40-18-27-57(82)64(87)76-45(2)62(85)80-56(67(90)96-42-46-19-9-7-10-20-46)25-15-16-38-75-69(91)97-43-47-21-11-8-12-22-47)79-63(86)54(36-37-59(72)84)78-65(88)58-41-52-51-23-13-14-24-53(51)77-60(52)61(48-30-32-49(95-6)33-31-48)83(58)70(92)98-71(3,4)5/h7-14,19-24,28-35,45,54-58,61,77H,15-18,25-27,36-43H2,1-6H3,(H2,72,84)(H,75,91)(H,76,87)(H,78,88)(H,79,86)(H,80,85)(H3,73,74,81)/t45-,54-,55-,56-,57-,58-,61+/m0/s1. The third kappa shape index (κ3) is 21.0. The van der Waals surface area contributed by atoms with Crippen LogP contribution in [0.25, 0.3) is 10.9 Å². The molecule has 1 fully saturated rings. The van der Waals surface area contributed by atoms with Crippen LogP contribution in [0, 0.1) is 6.92 Å². The van der Waals surface area contributed by atoms with Crippen LogP contribution in [0.3, 0.4) is 0 Å². The smallest absolute Gasteiger partial charge is 0.411 e. The van der Waals surface area contributed by atoms with E-state index in [9.17, 15) is 37.2 Å². The number of hydrogen-bond donors (Lipinski definition) is 9. The van der Waals surface area contributed by atoms with E-state index in [2.05, 4.69) is 41.3 Å². The van der Waals surface area contributed by atoms with Gasteiger partial charge in [0.2, 0.25) is 41.4 Å². The summed E-state index contributed by atoms with van der Waals surface area (Å²) in [5.74, 6) is -5.52. The van der Waals surface area contributed by atoms with Crippen LogP contribution in [-0.4, -0.2) is 151 Å². The highest BCUT2D eigenvalue weighted by molar-refractivity contribution is 7.90. The quantitative estimate of drug-likeness (QED) is 0.00837. The number of H-pyrrole nitrogens is 1. The topological polar surface area (TPSA) is 384 Å². The number of aliphatic imine (C=N–C) groups is 1. The van der Waals surface area contributed by atoms with Crippen molar-refractivity contribution in [2.24, 2.45) is 16.5 Å². The zero-order valence-electron chi connectivity index (χ0n) is 56.4. The molecule has 2 aliphatic heterocycles. The second kappa shape index (κ2) is 34.6. The van der Waals surface area contributed by atoms with Gasteiger partial charge in [0.25, 0.3) is 10.0 Å². The maximum Gasteiger partial charge on any atom is 0.411 e. The van der Waals surface area contributed by atoms with Gasteiger partial charge in [-0.1, -0.05) is 109 Å². The summed E-state index contributed by atoms with van der Waals surface area (Å²) in [7, 11) is -2.65. The molecule has 1 aromatic heterocycles. The lowest BCUT2D eigenvalue weighted by atomic mass is 9.87. The van der Waals surface area contributed by atoms with Crippen molar-refractivity contribution in [1.29, 1.82) is 0 Å². The number of esters is 1. The first-order valence-electron chi connectivity index (χ1n) is 32.9. The molecule has 11 N–H and O–H groups in total. The van der Waals surface area contributed by atoms with Crippen LogP contribution in [0.15, 0.2) is 143 Å². The first kappa shape index (κ1) is 74.3. The van der Waals surface area contributed by atoms with Crippen molar-refractivity contribution in [3.05, 3.63) is 167 Å². The van der Waals surface area contributed by atoms with Gasteiger partial charge in [-0.2, -0.15) is 0 Å². The number of benzene rings is 5. The number of likely N-dealkylation sites (tertiary alicyclic amines) is 1. The van der Waals surface area contributed by atoms with Gasteiger partial charge in [-0.3, -0.25) is 38.7 Å². The fraction of sp³-hybridized carbons (Fsp3) is 0.408. The minimum atomic E-state index is -4.16. The number of fused-ring (bicyclic) bond motifs is 3. The fourth-order valence-corrected chi connectivity index (χ4v) is 12.6. The van der Waals surface area contributed by atoms with Crippen LogP contribution in [0.5, 0.6) is 5.75 Å². The van der Waals surface area contributed by atoms with Crippen LogP contribution >= 0.6 is 0 Å². The Hall–Kier alpha value is -10.5. The van der Waals surface area contributed by atoms with Gasteiger partial charge in [0.15, 0.2) is 0 Å². The first-order chi connectivity index (χ1) is 47.3. The van der Waals surface area contributed by atoms with Crippen molar-refractivity contribution >= 4 is 80.5 Å². The zero-order valence-corrected chi connectivity index (χ0v) is 57.2. The molecule has 0 radical (unpaired) electrons. The van der Waals surface area contributed by atoms with Gasteiger partial charge >= 0.3 is 18.2 Å². The number of carbonyl (C=O) groups excluding carboxylic acids is 9. The number of nitrogens with two attached hydrogens (primary N) is 2. The normalized spacial score (nSPS) is 16.5. The molecule has 1 saturated heterocycles. The average molecular weight is 1380 g/mol. The summed E-state index contributed by atoms with van der Waals surface area (Å²) in [6.07, 6.45) is -1.32. The van der Waals surface area contributed by atoms with E-state index in [1.54, 1.807) is 88.4 Å². The zero-order chi connectivity index (χ0) is 71.4. The SMILES string of the molecule is COc1ccc([C@@H]2c3[nH]c4ccccc4c3C[C@@H](C(=O)N[C@@H](CCC(N)=O)C(=O)N[C@@H](CCCN=C(N)NS(=O)(=O)c3ccc(C)cc3)C(=O)N3CCC[C@H]3C(=O)N[C@@H](C)C(=O)N[C@@H](CCCCNC(=O)OCc3ccccc3)C(=O)OCc3ccccc3)N2C(=O)OC(C)(C)C)cc1. The van der Waals surface area contributed by atoms with Gasteiger partial charge in [0.1, 0.15) is 66.9 Å². The molecule has 0 unspecified atom stereocenters. The number of aromatic nitrogens is 1. The molecule has 27 nitrogen and oxygen atoms in total. The van der Waals surface area contributed by atoms with Crippen LogP contribution in [-0.2, 0) is 77.4 Å². The summed E-state index contributed by atoms with van der Waals surface area (Å²) < 4.78 is 51.0. The number of unbranched alkanes of at least 4 members (excludes halogenated alkanes) is 1. The first-order valence-corrected chi connectivity index (χ1v) is 34.4. The highest BCUT2D eigenvalue weighted by atomic mass is 32.2. The molecule has 528 valence electrons. The molecule has 3 heterocycles. The monoisotopic (exact) mass is 1380 g/mol. The molecule has 2 aliphatic rings. The number of nitrogens with one attached hydrogen (secondary N) is 7. The number of alkyl carbamates (subject to hydrolysis) is 1. The lowest BCUT2D eigenvalue weighted by Crippen LogP contribution is -2.60. The Morgan fingerprint density at radius 1 is 0.697 bits per heavy atom. The Morgan fingerprint density at radius 2 is 1.32 bits per heavy atom. The highest BCUT2D eigenvalue weighted by Gasteiger charge is 2.47. The van der Waals surface area contributed by atoms with Gasteiger partial charge in [-0.15, -0.1) is 0 Å². The van der Waals surface area contributed by atoms with E-state index in [0.717, 1.165) is 22.0 Å². The van der Waals surface area contributed by atoms with Crippen molar-refractivity contribution in [1.82, 2.24) is 46.1 Å². The van der Waals surface area contributed by atoms with Crippen molar-refractivity contribution in [3.63, 3.8) is 0 Å². The molecule has 28 heteroatoms. The number of ether oxygens (including phenoxy) is 4. The molecule has 0 aliphatic carbocycles. The fourth-order valence-electron chi connectivity index (χ4n) is 11.7. The summed E-state index contributed by atoms with van der Waals surface area (Å²) >= 11 is 0. The minimum absolute atomic E-state index is 0.0138. The summed E-state index contributed by atoms with van der Waals surface area (Å²) in [6, 6.07) is 29.4. The number of methoxy groups -OCH3 is 1. The Bertz CT molecular complexity index is 3960. The number of aromatic amines is 1. The molecule has 0 saturated carbocycles. The number of carbonyl (C=O) groups is 9. The molecule has 7 atom stereocenters. The van der Waals surface area contributed by atoms with Crippen molar-refractivity contribution in [3.8, 4) is 5.75 Å². The van der Waals surface area contributed by atoms with E-state index in [1.165, 1.54) is 36.0 Å². The molecule has 0 spiro atoms. The number of aryl methyl sites for hydroxylation is 1. The molecule has 5 aromatic carbocycles. The Balaban J connectivity index is 1.01. The van der Waals surface area contributed by atoms with Gasteiger partial charge in [-0.05, 0) is 139 Å². The Morgan fingerprint density at radius 3 is 1.98 bits per heavy atom. The Kier molecular flexibility index (Phi) is 26.0. The third-order valence-electron chi connectivity index (χ3n) is 16.7. The predicted octanol–water partition coefficient (Wildman–Crippen LogP) is 5.87. The number of guanidine groups is 1. The molecule has 0 bridgehead atoms.